The van der Waals surface area contributed by atoms with Crippen LogP contribution in [0.15, 0.2) is 24.3 Å². The third-order valence-corrected chi connectivity index (χ3v) is 5.01. The summed E-state index contributed by atoms with van der Waals surface area (Å²) >= 11 is 0. The van der Waals surface area contributed by atoms with Crippen LogP contribution in [0, 0.1) is 13.8 Å². The van der Waals surface area contributed by atoms with Crippen LogP contribution >= 0.6 is 0 Å². The summed E-state index contributed by atoms with van der Waals surface area (Å²) in [5.41, 5.74) is 3.33. The smallest absolute Gasteiger partial charge is 0.265 e. The number of rotatable bonds is 3. The summed E-state index contributed by atoms with van der Waals surface area (Å²) in [5, 5.41) is 2.98. The lowest BCUT2D eigenvalue weighted by molar-refractivity contribution is -0.123. The summed E-state index contributed by atoms with van der Waals surface area (Å²) in [5.74, 6) is 1.32. The van der Waals surface area contributed by atoms with Crippen LogP contribution in [0.5, 0.6) is 5.75 Å². The van der Waals surface area contributed by atoms with Gasteiger partial charge in [0.25, 0.3) is 5.91 Å². The standard InChI is InChI=1S/C20H24N4O3/c1-13-18(14(2)22-20(21-13)24-9-11-26-12-10-24)23-19(25)17-8-7-15-5-3-4-6-16(15)27-17/h3-6,17H,7-12H2,1-2H3,(H,23,25). The second-order valence-electron chi connectivity index (χ2n) is 6.91. The van der Waals surface area contributed by atoms with Crippen molar-refractivity contribution in [1.29, 1.82) is 0 Å². The maximum absolute atomic E-state index is 12.7. The van der Waals surface area contributed by atoms with E-state index in [-0.39, 0.29) is 5.91 Å². The number of benzene rings is 1. The molecule has 3 heterocycles. The van der Waals surface area contributed by atoms with E-state index >= 15 is 0 Å². The monoisotopic (exact) mass is 368 g/mol. The third kappa shape index (κ3) is 3.73. The first kappa shape index (κ1) is 17.7. The molecule has 1 unspecified atom stereocenters. The van der Waals surface area contributed by atoms with Gasteiger partial charge in [0.1, 0.15) is 5.75 Å². The van der Waals surface area contributed by atoms with Gasteiger partial charge < -0.3 is 19.7 Å². The molecule has 2 aliphatic heterocycles. The molecule has 1 aromatic carbocycles. The minimum atomic E-state index is -0.502. The molecule has 1 N–H and O–H groups in total. The number of carbonyl (C=O) groups is 1. The van der Waals surface area contributed by atoms with E-state index in [2.05, 4.69) is 20.2 Å². The van der Waals surface area contributed by atoms with Gasteiger partial charge in [-0.1, -0.05) is 18.2 Å². The van der Waals surface area contributed by atoms with Crippen molar-refractivity contribution in [2.45, 2.75) is 32.8 Å². The van der Waals surface area contributed by atoms with Gasteiger partial charge in [-0.25, -0.2) is 9.97 Å². The topological polar surface area (TPSA) is 76.6 Å². The average Bonchev–Trinajstić information content (AvgIpc) is 2.70. The molecule has 0 spiro atoms. The number of hydrogen-bond acceptors (Lipinski definition) is 6. The van der Waals surface area contributed by atoms with Crippen molar-refractivity contribution >= 4 is 17.5 Å². The van der Waals surface area contributed by atoms with E-state index in [1.54, 1.807) is 0 Å². The Hall–Kier alpha value is -2.67. The fraction of sp³-hybridized carbons (Fsp3) is 0.450. The molecular weight excluding hydrogens is 344 g/mol. The fourth-order valence-electron chi connectivity index (χ4n) is 3.50. The zero-order chi connectivity index (χ0) is 18.8. The predicted octanol–water partition coefficient (Wildman–Crippen LogP) is 2.26. The molecule has 1 amide bonds. The van der Waals surface area contributed by atoms with Crippen molar-refractivity contribution in [3.8, 4) is 5.75 Å². The highest BCUT2D eigenvalue weighted by atomic mass is 16.5. The van der Waals surface area contributed by atoms with Gasteiger partial charge >= 0.3 is 0 Å². The molecule has 0 saturated carbocycles. The maximum atomic E-state index is 12.7. The molecule has 2 aromatic rings. The lowest BCUT2D eigenvalue weighted by Gasteiger charge is -2.28. The number of aryl methyl sites for hydroxylation is 3. The number of morpholine rings is 1. The van der Waals surface area contributed by atoms with Crippen LogP contribution in [0.3, 0.4) is 0 Å². The summed E-state index contributed by atoms with van der Waals surface area (Å²) in [6.07, 6.45) is 0.990. The Kier molecular flexibility index (Phi) is 4.94. The molecule has 0 bridgehead atoms. The zero-order valence-corrected chi connectivity index (χ0v) is 15.7. The van der Waals surface area contributed by atoms with Crippen LogP contribution in [0.25, 0.3) is 0 Å². The molecule has 27 heavy (non-hydrogen) atoms. The van der Waals surface area contributed by atoms with E-state index in [0.29, 0.717) is 31.3 Å². The molecule has 1 saturated heterocycles. The summed E-state index contributed by atoms with van der Waals surface area (Å²) in [6, 6.07) is 7.86. The molecule has 2 aliphatic rings. The van der Waals surface area contributed by atoms with Gasteiger partial charge in [-0.05, 0) is 38.3 Å². The number of fused-ring (bicyclic) bond motifs is 1. The van der Waals surface area contributed by atoms with Gasteiger partial charge in [0.2, 0.25) is 5.95 Å². The molecule has 4 rings (SSSR count). The number of amides is 1. The molecule has 7 nitrogen and oxygen atoms in total. The molecule has 0 radical (unpaired) electrons. The second kappa shape index (κ2) is 7.52. The van der Waals surface area contributed by atoms with Crippen molar-refractivity contribution in [3.05, 3.63) is 41.2 Å². The van der Waals surface area contributed by atoms with Gasteiger partial charge in [-0.3, -0.25) is 4.79 Å². The van der Waals surface area contributed by atoms with Gasteiger partial charge in [0.05, 0.1) is 30.3 Å². The lowest BCUT2D eigenvalue weighted by atomic mass is 10.0. The van der Waals surface area contributed by atoms with Crippen molar-refractivity contribution < 1.29 is 14.3 Å². The normalized spacial score (nSPS) is 19.2. The highest BCUT2D eigenvalue weighted by Gasteiger charge is 2.27. The van der Waals surface area contributed by atoms with Crippen LogP contribution in [0.2, 0.25) is 0 Å². The van der Waals surface area contributed by atoms with E-state index in [9.17, 15) is 4.79 Å². The van der Waals surface area contributed by atoms with Crippen LogP contribution in [0.1, 0.15) is 23.4 Å². The quantitative estimate of drug-likeness (QED) is 0.896. The number of hydrogen-bond donors (Lipinski definition) is 1. The Balaban J connectivity index is 1.48. The second-order valence-corrected chi connectivity index (χ2v) is 6.91. The first-order valence-corrected chi connectivity index (χ1v) is 9.35. The zero-order valence-electron chi connectivity index (χ0n) is 15.7. The van der Waals surface area contributed by atoms with Crippen LogP contribution in [-0.4, -0.2) is 48.3 Å². The largest absolute Gasteiger partial charge is 0.480 e. The minimum absolute atomic E-state index is 0.154. The molecule has 1 fully saturated rings. The molecule has 0 aliphatic carbocycles. The minimum Gasteiger partial charge on any atom is -0.480 e. The summed E-state index contributed by atoms with van der Waals surface area (Å²) in [6.45, 7) is 6.71. The van der Waals surface area contributed by atoms with Crippen molar-refractivity contribution in [2.75, 3.05) is 36.5 Å². The Labute approximate surface area is 158 Å². The van der Waals surface area contributed by atoms with E-state index < -0.39 is 6.10 Å². The number of aromatic nitrogens is 2. The summed E-state index contributed by atoms with van der Waals surface area (Å²) in [7, 11) is 0. The van der Waals surface area contributed by atoms with Crippen molar-refractivity contribution in [2.24, 2.45) is 0 Å². The number of ether oxygens (including phenoxy) is 2. The molecular formula is C20H24N4O3. The predicted molar refractivity (Wildman–Crippen MR) is 102 cm³/mol. The number of anilines is 2. The van der Waals surface area contributed by atoms with E-state index in [1.165, 1.54) is 0 Å². The SMILES string of the molecule is Cc1nc(N2CCOCC2)nc(C)c1NC(=O)C1CCc2ccccc2O1. The summed E-state index contributed by atoms with van der Waals surface area (Å²) in [4.78, 5) is 24.0. The molecule has 1 atom stereocenters. The molecule has 7 heteroatoms. The number of nitrogens with one attached hydrogen (secondary N) is 1. The summed E-state index contributed by atoms with van der Waals surface area (Å²) < 4.78 is 11.3. The van der Waals surface area contributed by atoms with Gasteiger partial charge in [-0.2, -0.15) is 0 Å². The highest BCUT2D eigenvalue weighted by molar-refractivity contribution is 5.95. The maximum Gasteiger partial charge on any atom is 0.265 e. The van der Waals surface area contributed by atoms with Gasteiger partial charge in [-0.15, -0.1) is 0 Å². The molecule has 142 valence electrons. The number of carbonyl (C=O) groups excluding carboxylic acids is 1. The highest BCUT2D eigenvalue weighted by Crippen LogP contribution is 2.28. The first-order valence-electron chi connectivity index (χ1n) is 9.35. The number of nitrogens with zero attached hydrogens (tertiary/aromatic N) is 3. The Morgan fingerprint density at radius 2 is 1.85 bits per heavy atom. The van der Waals surface area contributed by atoms with Gasteiger partial charge in [0, 0.05) is 13.1 Å². The Morgan fingerprint density at radius 1 is 1.15 bits per heavy atom. The lowest BCUT2D eigenvalue weighted by Crippen LogP contribution is -2.38. The van der Waals surface area contributed by atoms with E-state index in [0.717, 1.165) is 42.2 Å². The Morgan fingerprint density at radius 3 is 2.59 bits per heavy atom. The van der Waals surface area contributed by atoms with Crippen molar-refractivity contribution in [1.82, 2.24) is 9.97 Å². The fourth-order valence-corrected chi connectivity index (χ4v) is 3.50. The Bertz CT molecular complexity index is 826. The van der Waals surface area contributed by atoms with Gasteiger partial charge in [0.15, 0.2) is 6.10 Å². The van der Waals surface area contributed by atoms with Crippen LogP contribution < -0.4 is 15.0 Å². The molecule has 1 aromatic heterocycles. The van der Waals surface area contributed by atoms with E-state index in [1.807, 2.05) is 38.1 Å². The first-order chi connectivity index (χ1) is 13.1. The van der Waals surface area contributed by atoms with Crippen LogP contribution in [-0.2, 0) is 16.0 Å². The van der Waals surface area contributed by atoms with Crippen LogP contribution in [0.4, 0.5) is 11.6 Å². The third-order valence-electron chi connectivity index (χ3n) is 5.01. The average molecular weight is 368 g/mol. The number of para-hydroxylation sites is 1. The van der Waals surface area contributed by atoms with Crippen molar-refractivity contribution in [3.63, 3.8) is 0 Å². The van der Waals surface area contributed by atoms with E-state index in [4.69, 9.17) is 9.47 Å².